The summed E-state index contributed by atoms with van der Waals surface area (Å²) in [6, 6.07) is 47.1. The molecule has 0 amide bonds. The van der Waals surface area contributed by atoms with Crippen LogP contribution in [0.25, 0.3) is 97.1 Å². The highest BCUT2D eigenvalue weighted by Crippen LogP contribution is 2.49. The molecular weight excluding hydrogens is 633 g/mol. The molecule has 0 bridgehead atoms. The number of thiophene rings is 1. The Morgan fingerprint density at radius 3 is 2.00 bits per heavy atom. The predicted octanol–water partition coefficient (Wildman–Crippen LogP) is 11.4. The minimum Gasteiger partial charge on any atom is -0.277 e. The van der Waals surface area contributed by atoms with E-state index in [4.69, 9.17) is 21.5 Å². The second-order valence-corrected chi connectivity index (χ2v) is 13.3. The summed E-state index contributed by atoms with van der Waals surface area (Å²) in [5, 5.41) is 19.0. The smallest absolute Gasteiger partial charge is 0.238 e. The summed E-state index contributed by atoms with van der Waals surface area (Å²) in [5.74, 6) is 1.48. The van der Waals surface area contributed by atoms with Crippen LogP contribution in [0, 0.1) is 17.9 Å². The average Bonchev–Trinajstić information content (AvgIpc) is 3.74. The Bertz CT molecular complexity index is 3030. The van der Waals surface area contributed by atoms with Gasteiger partial charge in [0, 0.05) is 47.5 Å². The monoisotopic (exact) mass is 654 g/mol. The molecule has 3 aromatic heterocycles. The van der Waals surface area contributed by atoms with Crippen molar-refractivity contribution in [2.45, 2.75) is 0 Å². The molecule has 10 rings (SSSR count). The molecule has 0 aliphatic heterocycles. The first-order chi connectivity index (χ1) is 24.7. The molecular formula is C43H22N6S. The van der Waals surface area contributed by atoms with Crippen molar-refractivity contribution in [3.8, 4) is 34.8 Å². The van der Waals surface area contributed by atoms with E-state index < -0.39 is 0 Å². The molecule has 7 aromatic carbocycles. The maximum atomic E-state index is 9.47. The molecule has 0 unspecified atom stereocenters. The zero-order valence-corrected chi connectivity index (χ0v) is 27.1. The van der Waals surface area contributed by atoms with Gasteiger partial charge in [-0.05, 0) is 52.6 Å². The van der Waals surface area contributed by atoms with Crippen LogP contribution in [0.5, 0.6) is 0 Å². The zero-order chi connectivity index (χ0) is 33.3. The van der Waals surface area contributed by atoms with Gasteiger partial charge in [-0.3, -0.25) is 4.57 Å². The number of para-hydroxylation sites is 1. The van der Waals surface area contributed by atoms with Gasteiger partial charge >= 0.3 is 0 Å². The summed E-state index contributed by atoms with van der Waals surface area (Å²) >= 11 is 1.82. The van der Waals surface area contributed by atoms with E-state index in [9.17, 15) is 5.26 Å². The summed E-state index contributed by atoms with van der Waals surface area (Å²) in [6.07, 6.45) is 0. The standard InChI is InChI=1S/C43H22N6S/c1-45-29-21-18-28(19-22-29)42-46-41(27-16-14-25(24-44)15-17-27)47-43(48-42)49-34-12-6-4-10-31(34)36-33-23-20-26-8-2-3-9-30(26)37(33)40-38(39(36)49)32-11-5-7-13-35(32)50-40/h2-23H. The molecule has 0 atom stereocenters. The maximum absolute atomic E-state index is 9.47. The van der Waals surface area contributed by atoms with Crippen molar-refractivity contribution in [1.82, 2.24) is 19.5 Å². The fraction of sp³-hybridized carbons (Fsp3) is 0. The number of rotatable bonds is 3. The molecule has 0 spiro atoms. The summed E-state index contributed by atoms with van der Waals surface area (Å²) in [4.78, 5) is 18.9. The van der Waals surface area contributed by atoms with Gasteiger partial charge in [0.2, 0.25) is 5.95 Å². The minimum absolute atomic E-state index is 0.492. The fourth-order valence-corrected chi connectivity index (χ4v) is 8.52. The Kier molecular flexibility index (Phi) is 6.07. The van der Waals surface area contributed by atoms with Crippen LogP contribution in [-0.2, 0) is 0 Å². The van der Waals surface area contributed by atoms with Crippen LogP contribution in [0.1, 0.15) is 5.56 Å². The van der Waals surface area contributed by atoms with Crippen LogP contribution >= 0.6 is 11.3 Å². The number of nitriles is 1. The van der Waals surface area contributed by atoms with Crippen molar-refractivity contribution in [2.75, 3.05) is 0 Å². The molecule has 0 N–H and O–H groups in total. The van der Waals surface area contributed by atoms with Crippen LogP contribution in [0.2, 0.25) is 0 Å². The number of hydrogen-bond donors (Lipinski definition) is 0. The van der Waals surface area contributed by atoms with E-state index in [0.29, 0.717) is 28.8 Å². The summed E-state index contributed by atoms with van der Waals surface area (Å²) in [6.45, 7) is 7.45. The second-order valence-electron chi connectivity index (χ2n) is 12.2. The molecule has 6 nitrogen and oxygen atoms in total. The van der Waals surface area contributed by atoms with E-state index in [-0.39, 0.29) is 0 Å². The van der Waals surface area contributed by atoms with Crippen molar-refractivity contribution < 1.29 is 0 Å². The van der Waals surface area contributed by atoms with Gasteiger partial charge in [-0.25, -0.2) is 9.83 Å². The van der Waals surface area contributed by atoms with E-state index >= 15 is 0 Å². The molecule has 0 aliphatic rings. The van der Waals surface area contributed by atoms with Gasteiger partial charge in [0.25, 0.3) is 0 Å². The normalized spacial score (nSPS) is 11.6. The highest BCUT2D eigenvalue weighted by Gasteiger charge is 2.24. The molecule has 0 radical (unpaired) electrons. The van der Waals surface area contributed by atoms with Crippen LogP contribution in [0.15, 0.2) is 133 Å². The van der Waals surface area contributed by atoms with Crippen molar-refractivity contribution in [1.29, 1.82) is 5.26 Å². The predicted molar refractivity (Wildman–Crippen MR) is 204 cm³/mol. The molecule has 0 aliphatic carbocycles. The Morgan fingerprint density at radius 2 is 1.26 bits per heavy atom. The molecule has 230 valence electrons. The molecule has 7 heteroatoms. The first-order valence-corrected chi connectivity index (χ1v) is 16.9. The highest BCUT2D eigenvalue weighted by molar-refractivity contribution is 7.27. The fourth-order valence-electron chi connectivity index (χ4n) is 7.24. The Morgan fingerprint density at radius 1 is 0.600 bits per heavy atom. The molecule has 0 fully saturated rings. The Labute approximate surface area is 289 Å². The molecule has 3 heterocycles. The number of benzene rings is 7. The Hall–Kier alpha value is -6.93. The molecule has 0 saturated heterocycles. The Balaban J connectivity index is 1.40. The van der Waals surface area contributed by atoms with Gasteiger partial charge < -0.3 is 0 Å². The van der Waals surface area contributed by atoms with Crippen LogP contribution in [-0.4, -0.2) is 19.5 Å². The molecule has 50 heavy (non-hydrogen) atoms. The van der Waals surface area contributed by atoms with Gasteiger partial charge in [-0.15, -0.1) is 11.3 Å². The van der Waals surface area contributed by atoms with Crippen LogP contribution in [0.3, 0.4) is 0 Å². The molecule has 0 saturated carbocycles. The third-order valence-electron chi connectivity index (χ3n) is 9.48. The number of nitrogens with zero attached hydrogens (tertiary/aromatic N) is 6. The number of fused-ring (bicyclic) bond motifs is 12. The lowest BCUT2D eigenvalue weighted by Crippen LogP contribution is -2.06. The SMILES string of the molecule is [C-]#[N+]c1ccc(-c2nc(-c3ccc(C#N)cc3)nc(-n3c4ccccc4c4c5ccc6ccccc6c5c5sc6ccccc6c5c43)n2)cc1. The van der Waals surface area contributed by atoms with E-state index in [2.05, 4.69) is 100 Å². The van der Waals surface area contributed by atoms with Crippen LogP contribution in [0.4, 0.5) is 5.69 Å². The van der Waals surface area contributed by atoms with Gasteiger partial charge in [-0.2, -0.15) is 15.2 Å². The van der Waals surface area contributed by atoms with Gasteiger partial charge in [0.15, 0.2) is 17.3 Å². The quantitative estimate of drug-likeness (QED) is 0.140. The lowest BCUT2D eigenvalue weighted by molar-refractivity contribution is 0.955. The van der Waals surface area contributed by atoms with Gasteiger partial charge in [0.05, 0.1) is 29.2 Å². The van der Waals surface area contributed by atoms with E-state index in [1.807, 2.05) is 35.6 Å². The van der Waals surface area contributed by atoms with E-state index in [1.165, 1.54) is 41.7 Å². The zero-order valence-electron chi connectivity index (χ0n) is 26.3. The van der Waals surface area contributed by atoms with Crippen molar-refractivity contribution in [3.05, 3.63) is 150 Å². The van der Waals surface area contributed by atoms with Crippen LogP contribution < -0.4 is 0 Å². The largest absolute Gasteiger partial charge is 0.277 e. The maximum Gasteiger partial charge on any atom is 0.238 e. The average molecular weight is 655 g/mol. The van der Waals surface area contributed by atoms with Gasteiger partial charge in [0.1, 0.15) is 0 Å². The minimum atomic E-state index is 0.492. The molecule has 10 aromatic rings. The van der Waals surface area contributed by atoms with Gasteiger partial charge in [-0.1, -0.05) is 97.1 Å². The first kappa shape index (κ1) is 28.1. The topological polar surface area (TPSA) is 71.8 Å². The highest BCUT2D eigenvalue weighted by atomic mass is 32.1. The van der Waals surface area contributed by atoms with E-state index in [0.717, 1.165) is 32.9 Å². The first-order valence-electron chi connectivity index (χ1n) is 16.1. The van der Waals surface area contributed by atoms with Crippen molar-refractivity contribution in [2.24, 2.45) is 0 Å². The van der Waals surface area contributed by atoms with E-state index in [1.54, 1.807) is 24.3 Å². The lowest BCUT2D eigenvalue weighted by Gasteiger charge is -2.13. The third kappa shape index (κ3) is 4.08. The second kappa shape index (κ2) is 10.8. The summed E-state index contributed by atoms with van der Waals surface area (Å²) in [5.41, 5.74) is 4.70. The van der Waals surface area contributed by atoms with Crippen molar-refractivity contribution in [3.63, 3.8) is 0 Å². The summed E-state index contributed by atoms with van der Waals surface area (Å²) in [7, 11) is 0. The summed E-state index contributed by atoms with van der Waals surface area (Å²) < 4.78 is 4.65. The number of hydrogen-bond acceptors (Lipinski definition) is 5. The van der Waals surface area contributed by atoms with Crippen molar-refractivity contribution >= 4 is 80.5 Å². The third-order valence-corrected chi connectivity index (χ3v) is 10.7. The number of aromatic nitrogens is 4. The lowest BCUT2D eigenvalue weighted by atomic mass is 9.95.